The van der Waals surface area contributed by atoms with Gasteiger partial charge in [0.05, 0.1) is 11.1 Å². The van der Waals surface area contributed by atoms with Gasteiger partial charge in [0.25, 0.3) is 5.91 Å². The molecule has 0 unspecified atom stereocenters. The molecule has 2 rings (SSSR count). The van der Waals surface area contributed by atoms with E-state index in [-0.39, 0.29) is 11.1 Å². The molecule has 0 bridgehead atoms. The molecular formula is C11H9N3O3. The minimum atomic E-state index is -1.12. The summed E-state index contributed by atoms with van der Waals surface area (Å²) in [5, 5.41) is 11.3. The lowest BCUT2D eigenvalue weighted by Crippen LogP contribution is -2.13. The zero-order valence-electron chi connectivity index (χ0n) is 8.68. The molecule has 0 saturated heterocycles. The first kappa shape index (κ1) is 10.9. The number of aromatic nitrogens is 2. The summed E-state index contributed by atoms with van der Waals surface area (Å²) in [4.78, 5) is 28.9. The summed E-state index contributed by atoms with van der Waals surface area (Å²) in [5.74, 6) is -0.995. The fourth-order valence-electron chi connectivity index (χ4n) is 1.28. The van der Waals surface area contributed by atoms with Crippen LogP contribution >= 0.6 is 0 Å². The van der Waals surface area contributed by atoms with Gasteiger partial charge < -0.3 is 15.4 Å². The number of carboxylic acids is 1. The van der Waals surface area contributed by atoms with Crippen LogP contribution in [0.3, 0.4) is 0 Å². The molecule has 2 aromatic rings. The average molecular weight is 231 g/mol. The van der Waals surface area contributed by atoms with E-state index in [0.717, 1.165) is 0 Å². The Morgan fingerprint density at radius 3 is 2.71 bits per heavy atom. The number of nitrogens with one attached hydrogen (secondary N) is 2. The maximum atomic E-state index is 11.7. The smallest absolute Gasteiger partial charge is 0.337 e. The van der Waals surface area contributed by atoms with Crippen LogP contribution in [0.1, 0.15) is 20.7 Å². The normalized spacial score (nSPS) is 9.88. The molecule has 0 atom stereocenters. The average Bonchev–Trinajstić information content (AvgIpc) is 2.82. The van der Waals surface area contributed by atoms with Crippen molar-refractivity contribution < 1.29 is 14.7 Å². The molecule has 1 amide bonds. The highest BCUT2D eigenvalue weighted by molar-refractivity contribution is 6.04. The van der Waals surface area contributed by atoms with Gasteiger partial charge in [0, 0.05) is 18.6 Å². The Bertz CT molecular complexity index is 549. The number of carboxylic acid groups (broad SMARTS) is 1. The second-order valence-corrected chi connectivity index (χ2v) is 3.31. The first-order chi connectivity index (χ1) is 8.16. The molecule has 0 aliphatic heterocycles. The summed E-state index contributed by atoms with van der Waals surface area (Å²) in [6.45, 7) is 0. The van der Waals surface area contributed by atoms with Gasteiger partial charge in [0.2, 0.25) is 0 Å². The van der Waals surface area contributed by atoms with Gasteiger partial charge in [-0.1, -0.05) is 0 Å². The third kappa shape index (κ3) is 2.49. The number of aromatic carboxylic acids is 1. The van der Waals surface area contributed by atoms with Gasteiger partial charge in [-0.3, -0.25) is 9.78 Å². The fourth-order valence-corrected chi connectivity index (χ4v) is 1.28. The number of H-pyrrole nitrogens is 1. The molecule has 0 aromatic carbocycles. The van der Waals surface area contributed by atoms with Gasteiger partial charge in [0.15, 0.2) is 0 Å². The molecule has 0 aliphatic carbocycles. The molecule has 2 aromatic heterocycles. The van der Waals surface area contributed by atoms with Crippen LogP contribution in [0.2, 0.25) is 0 Å². The van der Waals surface area contributed by atoms with Crippen molar-refractivity contribution in [3.63, 3.8) is 0 Å². The van der Waals surface area contributed by atoms with E-state index in [2.05, 4.69) is 15.3 Å². The molecule has 0 aliphatic rings. The Balaban J connectivity index is 2.19. The molecule has 0 fully saturated rings. The lowest BCUT2D eigenvalue weighted by atomic mass is 10.2. The Kier molecular flexibility index (Phi) is 2.87. The van der Waals surface area contributed by atoms with Gasteiger partial charge in [0.1, 0.15) is 5.82 Å². The maximum absolute atomic E-state index is 11.7. The van der Waals surface area contributed by atoms with E-state index in [9.17, 15) is 9.59 Å². The number of pyridine rings is 1. The molecule has 6 nitrogen and oxygen atoms in total. The van der Waals surface area contributed by atoms with E-state index >= 15 is 0 Å². The van der Waals surface area contributed by atoms with Crippen LogP contribution in [-0.2, 0) is 0 Å². The Hall–Kier alpha value is -2.63. The summed E-state index contributed by atoms with van der Waals surface area (Å²) in [6.07, 6.45) is 4.17. The molecule has 2 heterocycles. The first-order valence-corrected chi connectivity index (χ1v) is 4.80. The van der Waals surface area contributed by atoms with E-state index in [1.807, 2.05) is 0 Å². The monoisotopic (exact) mass is 231 g/mol. The van der Waals surface area contributed by atoms with Crippen LogP contribution in [0, 0.1) is 0 Å². The first-order valence-electron chi connectivity index (χ1n) is 4.80. The van der Waals surface area contributed by atoms with E-state index in [1.165, 1.54) is 18.5 Å². The summed E-state index contributed by atoms with van der Waals surface area (Å²) >= 11 is 0. The van der Waals surface area contributed by atoms with Crippen molar-refractivity contribution in [3.05, 3.63) is 47.9 Å². The number of carbonyl (C=O) groups excluding carboxylic acids is 1. The van der Waals surface area contributed by atoms with E-state index in [1.54, 1.807) is 18.3 Å². The molecule has 0 radical (unpaired) electrons. The summed E-state index contributed by atoms with van der Waals surface area (Å²) < 4.78 is 0. The third-order valence-electron chi connectivity index (χ3n) is 2.09. The molecule has 0 saturated carbocycles. The van der Waals surface area contributed by atoms with Crippen molar-refractivity contribution >= 4 is 17.7 Å². The van der Waals surface area contributed by atoms with E-state index < -0.39 is 11.9 Å². The van der Waals surface area contributed by atoms with Crippen molar-refractivity contribution in [1.29, 1.82) is 0 Å². The van der Waals surface area contributed by atoms with Crippen LogP contribution in [0.4, 0.5) is 5.82 Å². The number of hydrogen-bond donors (Lipinski definition) is 3. The van der Waals surface area contributed by atoms with E-state index in [4.69, 9.17) is 5.11 Å². The fraction of sp³-hybridized carbons (Fsp3) is 0. The highest BCUT2D eigenvalue weighted by atomic mass is 16.4. The number of anilines is 1. The largest absolute Gasteiger partial charge is 0.478 e. The summed E-state index contributed by atoms with van der Waals surface area (Å²) in [7, 11) is 0. The number of nitrogens with zero attached hydrogens (tertiary/aromatic N) is 1. The lowest BCUT2D eigenvalue weighted by Gasteiger charge is -2.03. The van der Waals surface area contributed by atoms with Crippen molar-refractivity contribution in [2.45, 2.75) is 0 Å². The highest BCUT2D eigenvalue weighted by Gasteiger charge is 2.10. The minimum absolute atomic E-state index is 0.0239. The molecule has 0 spiro atoms. The SMILES string of the molecule is O=C(O)c1cncc(C(=O)Nc2ccc[nH]2)c1. The summed E-state index contributed by atoms with van der Waals surface area (Å²) in [6, 6.07) is 4.70. The number of amides is 1. The predicted molar refractivity (Wildman–Crippen MR) is 59.9 cm³/mol. The molecule has 6 heteroatoms. The lowest BCUT2D eigenvalue weighted by molar-refractivity contribution is 0.0696. The number of carbonyl (C=O) groups is 2. The quantitative estimate of drug-likeness (QED) is 0.743. The Morgan fingerprint density at radius 2 is 2.06 bits per heavy atom. The zero-order valence-corrected chi connectivity index (χ0v) is 8.68. The zero-order chi connectivity index (χ0) is 12.3. The predicted octanol–water partition coefficient (Wildman–Crippen LogP) is 1.36. The minimum Gasteiger partial charge on any atom is -0.478 e. The number of hydrogen-bond acceptors (Lipinski definition) is 3. The van der Waals surface area contributed by atoms with Crippen LogP contribution in [0.25, 0.3) is 0 Å². The van der Waals surface area contributed by atoms with Crippen LogP contribution in [-0.4, -0.2) is 27.0 Å². The number of rotatable bonds is 3. The standard InChI is InChI=1S/C11H9N3O3/c15-10(14-9-2-1-3-13-9)7-4-8(11(16)17)6-12-5-7/h1-6,13H,(H,14,15)(H,16,17). The van der Waals surface area contributed by atoms with Gasteiger partial charge >= 0.3 is 5.97 Å². The van der Waals surface area contributed by atoms with Crippen LogP contribution in [0.5, 0.6) is 0 Å². The topological polar surface area (TPSA) is 95.1 Å². The number of aromatic amines is 1. The molecule has 3 N–H and O–H groups in total. The molecular weight excluding hydrogens is 222 g/mol. The van der Waals surface area contributed by atoms with Gasteiger partial charge in [-0.05, 0) is 18.2 Å². The van der Waals surface area contributed by atoms with E-state index in [0.29, 0.717) is 5.82 Å². The van der Waals surface area contributed by atoms with Gasteiger partial charge in [-0.25, -0.2) is 4.79 Å². The Labute approximate surface area is 96.3 Å². The molecule has 17 heavy (non-hydrogen) atoms. The molecule has 86 valence electrons. The summed E-state index contributed by atoms with van der Waals surface area (Å²) in [5.41, 5.74) is 0.170. The third-order valence-corrected chi connectivity index (χ3v) is 2.09. The van der Waals surface area contributed by atoms with Crippen molar-refractivity contribution in [3.8, 4) is 0 Å². The second-order valence-electron chi connectivity index (χ2n) is 3.31. The van der Waals surface area contributed by atoms with Crippen LogP contribution in [0.15, 0.2) is 36.8 Å². The Morgan fingerprint density at radius 1 is 1.29 bits per heavy atom. The van der Waals surface area contributed by atoms with Crippen LogP contribution < -0.4 is 5.32 Å². The van der Waals surface area contributed by atoms with Crippen molar-refractivity contribution in [2.75, 3.05) is 5.32 Å². The maximum Gasteiger partial charge on any atom is 0.337 e. The van der Waals surface area contributed by atoms with Crippen molar-refractivity contribution in [1.82, 2.24) is 9.97 Å². The highest BCUT2D eigenvalue weighted by Crippen LogP contribution is 2.07. The van der Waals surface area contributed by atoms with Gasteiger partial charge in [-0.2, -0.15) is 0 Å². The van der Waals surface area contributed by atoms with Gasteiger partial charge in [-0.15, -0.1) is 0 Å². The van der Waals surface area contributed by atoms with Crippen molar-refractivity contribution in [2.24, 2.45) is 0 Å². The second kappa shape index (κ2) is 4.48.